The maximum Gasteiger partial charge on any atom is 0.331 e. The van der Waals surface area contributed by atoms with Crippen LogP contribution in [0, 0.1) is 5.82 Å². The van der Waals surface area contributed by atoms with Crippen LogP contribution in [-0.2, 0) is 24.2 Å². The zero-order valence-corrected chi connectivity index (χ0v) is 14.0. The molecule has 8 heteroatoms. The quantitative estimate of drug-likeness (QED) is 0.582. The van der Waals surface area contributed by atoms with Gasteiger partial charge in [0, 0.05) is 19.2 Å². The third-order valence-electron chi connectivity index (χ3n) is 3.75. The van der Waals surface area contributed by atoms with E-state index >= 15 is 0 Å². The number of hydrogen-bond acceptors (Lipinski definition) is 5. The van der Waals surface area contributed by atoms with Gasteiger partial charge in [-0.05, 0) is 30.2 Å². The van der Waals surface area contributed by atoms with Crippen molar-refractivity contribution in [2.24, 2.45) is 0 Å². The zero-order valence-electron chi connectivity index (χ0n) is 13.1. The van der Waals surface area contributed by atoms with Gasteiger partial charge in [-0.25, -0.2) is 17.6 Å². The normalized spacial score (nSPS) is 19.3. The van der Waals surface area contributed by atoms with E-state index in [2.05, 4.69) is 0 Å². The number of sulfone groups is 1. The van der Waals surface area contributed by atoms with Crippen molar-refractivity contribution >= 4 is 27.8 Å². The lowest BCUT2D eigenvalue weighted by molar-refractivity contribution is -0.148. The van der Waals surface area contributed by atoms with E-state index in [1.807, 2.05) is 0 Å². The minimum absolute atomic E-state index is 0.0610. The molecule has 0 bridgehead atoms. The van der Waals surface area contributed by atoms with Crippen LogP contribution < -0.4 is 0 Å². The maximum absolute atomic E-state index is 13.0. The predicted octanol–water partition coefficient (Wildman–Crippen LogP) is 1.03. The Morgan fingerprint density at radius 1 is 1.42 bits per heavy atom. The van der Waals surface area contributed by atoms with Crippen LogP contribution in [0.3, 0.4) is 0 Å². The molecule has 0 saturated carbocycles. The van der Waals surface area contributed by atoms with E-state index < -0.39 is 34.1 Å². The number of amides is 1. The summed E-state index contributed by atoms with van der Waals surface area (Å²) in [7, 11) is -1.60. The summed E-state index contributed by atoms with van der Waals surface area (Å²) in [5, 5.41) is 0. The van der Waals surface area contributed by atoms with Gasteiger partial charge in [-0.3, -0.25) is 4.79 Å². The van der Waals surface area contributed by atoms with Crippen molar-refractivity contribution in [3.05, 3.63) is 41.7 Å². The van der Waals surface area contributed by atoms with E-state index in [4.69, 9.17) is 4.74 Å². The average molecular weight is 355 g/mol. The first-order valence-electron chi connectivity index (χ1n) is 7.33. The van der Waals surface area contributed by atoms with Gasteiger partial charge in [-0.15, -0.1) is 0 Å². The minimum atomic E-state index is -3.09. The van der Waals surface area contributed by atoms with Crippen LogP contribution in [0.1, 0.15) is 12.0 Å². The summed E-state index contributed by atoms with van der Waals surface area (Å²) in [6.07, 6.45) is 2.86. The van der Waals surface area contributed by atoms with Crippen LogP contribution in [0.15, 0.2) is 30.3 Å². The van der Waals surface area contributed by atoms with Crippen LogP contribution in [0.25, 0.3) is 6.08 Å². The number of halogens is 1. The number of benzene rings is 1. The fourth-order valence-corrected chi connectivity index (χ4v) is 4.12. The van der Waals surface area contributed by atoms with Crippen molar-refractivity contribution < 1.29 is 27.1 Å². The third-order valence-corrected chi connectivity index (χ3v) is 5.50. The molecule has 0 aliphatic carbocycles. The van der Waals surface area contributed by atoms with Crippen LogP contribution in [0.4, 0.5) is 4.39 Å². The Morgan fingerprint density at radius 3 is 2.79 bits per heavy atom. The summed E-state index contributed by atoms with van der Waals surface area (Å²) in [6.45, 7) is -0.473. The van der Waals surface area contributed by atoms with Crippen molar-refractivity contribution in [2.75, 3.05) is 25.2 Å². The van der Waals surface area contributed by atoms with Crippen molar-refractivity contribution in [1.29, 1.82) is 0 Å². The van der Waals surface area contributed by atoms with Gasteiger partial charge in [0.25, 0.3) is 5.91 Å². The minimum Gasteiger partial charge on any atom is -0.452 e. The largest absolute Gasteiger partial charge is 0.452 e. The van der Waals surface area contributed by atoms with Gasteiger partial charge >= 0.3 is 5.97 Å². The molecule has 0 radical (unpaired) electrons. The van der Waals surface area contributed by atoms with Crippen LogP contribution in [0.2, 0.25) is 0 Å². The molecule has 1 aromatic carbocycles. The molecule has 1 heterocycles. The highest BCUT2D eigenvalue weighted by atomic mass is 32.2. The summed E-state index contributed by atoms with van der Waals surface area (Å²) in [4.78, 5) is 24.8. The van der Waals surface area contributed by atoms with Gasteiger partial charge in [-0.2, -0.15) is 0 Å². The topological polar surface area (TPSA) is 80.8 Å². The third kappa shape index (κ3) is 5.16. The summed E-state index contributed by atoms with van der Waals surface area (Å²) >= 11 is 0. The summed E-state index contributed by atoms with van der Waals surface area (Å²) in [5.41, 5.74) is 0.492. The van der Waals surface area contributed by atoms with E-state index in [1.54, 1.807) is 6.07 Å². The second kappa shape index (κ2) is 7.57. The molecule has 0 N–H and O–H groups in total. The number of esters is 1. The number of carbonyl (C=O) groups is 2. The molecular formula is C16H18FNO5S. The number of nitrogens with zero attached hydrogens (tertiary/aromatic N) is 1. The molecule has 1 amide bonds. The number of rotatable bonds is 5. The summed E-state index contributed by atoms with van der Waals surface area (Å²) < 4.78 is 40.7. The Bertz CT molecular complexity index is 759. The highest BCUT2D eigenvalue weighted by Crippen LogP contribution is 2.16. The van der Waals surface area contributed by atoms with Gasteiger partial charge in [0.1, 0.15) is 5.82 Å². The zero-order chi connectivity index (χ0) is 17.7. The standard InChI is InChI=1S/C16H18FNO5S/c1-18(14-7-8-24(21,22)11-14)15(19)10-23-16(20)6-5-12-3-2-4-13(17)9-12/h2-6,9,14H,7-8,10-11H2,1H3. The molecule has 1 fully saturated rings. The van der Waals surface area contributed by atoms with Gasteiger partial charge in [0.2, 0.25) is 0 Å². The molecule has 1 aliphatic heterocycles. The fraction of sp³-hybridized carbons (Fsp3) is 0.375. The Labute approximate surface area is 139 Å². The first-order valence-corrected chi connectivity index (χ1v) is 9.15. The first kappa shape index (κ1) is 18.1. The van der Waals surface area contributed by atoms with Gasteiger partial charge < -0.3 is 9.64 Å². The molecule has 24 heavy (non-hydrogen) atoms. The monoisotopic (exact) mass is 355 g/mol. The molecule has 6 nitrogen and oxygen atoms in total. The van der Waals surface area contributed by atoms with Gasteiger partial charge in [-0.1, -0.05) is 12.1 Å². The van der Waals surface area contributed by atoms with Crippen molar-refractivity contribution in [2.45, 2.75) is 12.5 Å². The van der Waals surface area contributed by atoms with Crippen molar-refractivity contribution in [3.63, 3.8) is 0 Å². The number of ether oxygens (including phenoxy) is 1. The fourth-order valence-electron chi connectivity index (χ4n) is 2.34. The molecule has 130 valence electrons. The lowest BCUT2D eigenvalue weighted by Crippen LogP contribution is -2.40. The van der Waals surface area contributed by atoms with E-state index in [9.17, 15) is 22.4 Å². The molecule has 2 rings (SSSR count). The maximum atomic E-state index is 13.0. The Kier molecular flexibility index (Phi) is 5.71. The molecule has 1 atom stereocenters. The van der Waals surface area contributed by atoms with Gasteiger partial charge in [0.15, 0.2) is 16.4 Å². The van der Waals surface area contributed by atoms with Crippen LogP contribution in [-0.4, -0.2) is 56.4 Å². The lowest BCUT2D eigenvalue weighted by Gasteiger charge is -2.22. The number of carbonyl (C=O) groups excluding carboxylic acids is 2. The van der Waals surface area contributed by atoms with Gasteiger partial charge in [0.05, 0.1) is 11.5 Å². The van der Waals surface area contributed by atoms with Crippen LogP contribution in [0.5, 0.6) is 0 Å². The predicted molar refractivity (Wildman–Crippen MR) is 86.2 cm³/mol. The summed E-state index contributed by atoms with van der Waals surface area (Å²) in [6, 6.07) is 5.28. The van der Waals surface area contributed by atoms with Crippen molar-refractivity contribution in [3.8, 4) is 0 Å². The molecule has 1 aromatic rings. The van der Waals surface area contributed by atoms with E-state index in [1.165, 1.54) is 36.2 Å². The molecule has 0 spiro atoms. The molecule has 1 saturated heterocycles. The highest BCUT2D eigenvalue weighted by molar-refractivity contribution is 7.91. The molecular weight excluding hydrogens is 337 g/mol. The van der Waals surface area contributed by atoms with E-state index in [-0.39, 0.29) is 17.5 Å². The lowest BCUT2D eigenvalue weighted by atomic mass is 10.2. The summed E-state index contributed by atoms with van der Waals surface area (Å²) in [5.74, 6) is -1.63. The first-order chi connectivity index (χ1) is 11.3. The SMILES string of the molecule is CN(C(=O)COC(=O)C=Cc1cccc(F)c1)C1CCS(=O)(=O)C1. The Balaban J connectivity index is 1.82. The molecule has 1 unspecified atom stereocenters. The van der Waals surface area contributed by atoms with Crippen LogP contribution >= 0.6 is 0 Å². The van der Waals surface area contributed by atoms with E-state index in [0.717, 1.165) is 6.08 Å². The number of likely N-dealkylation sites (N-methyl/N-ethyl adjacent to an activating group) is 1. The molecule has 0 aromatic heterocycles. The average Bonchev–Trinajstić information content (AvgIpc) is 2.90. The smallest absolute Gasteiger partial charge is 0.331 e. The highest BCUT2D eigenvalue weighted by Gasteiger charge is 2.32. The second-order valence-corrected chi connectivity index (χ2v) is 7.79. The molecule has 1 aliphatic rings. The van der Waals surface area contributed by atoms with Crippen molar-refractivity contribution in [1.82, 2.24) is 4.90 Å². The Hall–Kier alpha value is -2.22. The van der Waals surface area contributed by atoms with E-state index in [0.29, 0.717) is 12.0 Å². The Morgan fingerprint density at radius 2 is 2.17 bits per heavy atom. The number of hydrogen-bond donors (Lipinski definition) is 0. The second-order valence-electron chi connectivity index (χ2n) is 5.56.